The molecule has 2 aromatic rings. The van der Waals surface area contributed by atoms with Gasteiger partial charge in [-0.05, 0) is 59.6 Å². The normalized spacial score (nSPS) is 11.2. The lowest BCUT2D eigenvalue weighted by Gasteiger charge is -2.27. The van der Waals surface area contributed by atoms with Gasteiger partial charge in [0.2, 0.25) is 0 Å². The lowest BCUT2D eigenvalue weighted by Crippen LogP contribution is -2.41. The molecule has 0 heterocycles. The summed E-state index contributed by atoms with van der Waals surface area (Å²) in [7, 11) is 0. The minimum atomic E-state index is -0.583. The lowest BCUT2D eigenvalue weighted by molar-refractivity contribution is 0.0911. The largest absolute Gasteiger partial charge is 0.343 e. The first-order valence-electron chi connectivity index (χ1n) is 6.23. The van der Waals surface area contributed by atoms with Crippen LogP contribution in [-0.4, -0.2) is 5.91 Å². The summed E-state index contributed by atoms with van der Waals surface area (Å²) in [5.74, 6) is -0.464. The van der Waals surface area contributed by atoms with Crippen molar-refractivity contribution >= 4 is 21.8 Å². The predicted octanol–water partition coefficient (Wildman–Crippen LogP) is 4.25. The molecule has 0 fully saturated rings. The van der Waals surface area contributed by atoms with Gasteiger partial charge in [-0.2, -0.15) is 0 Å². The number of hydrogen-bond donors (Lipinski definition) is 1. The van der Waals surface area contributed by atoms with E-state index in [1.165, 1.54) is 12.1 Å². The molecule has 2 nitrogen and oxygen atoms in total. The fourth-order valence-electron chi connectivity index (χ4n) is 1.94. The van der Waals surface area contributed by atoms with E-state index in [0.29, 0.717) is 5.56 Å². The van der Waals surface area contributed by atoms with E-state index < -0.39 is 5.54 Å². The summed E-state index contributed by atoms with van der Waals surface area (Å²) in [5, 5.41) is 2.96. The Morgan fingerprint density at radius 2 is 1.70 bits per heavy atom. The number of carbonyl (C=O) groups is 1. The van der Waals surface area contributed by atoms with Crippen LogP contribution < -0.4 is 5.32 Å². The third kappa shape index (κ3) is 3.25. The fraction of sp³-hybridized carbons (Fsp3) is 0.188. The van der Waals surface area contributed by atoms with E-state index in [-0.39, 0.29) is 11.7 Å². The van der Waals surface area contributed by atoms with Gasteiger partial charge in [-0.25, -0.2) is 4.39 Å². The number of amides is 1. The zero-order valence-electron chi connectivity index (χ0n) is 11.3. The molecule has 2 aromatic carbocycles. The molecule has 0 aliphatic heterocycles. The smallest absolute Gasteiger partial charge is 0.253 e. The molecule has 0 radical (unpaired) electrons. The number of halogens is 2. The molecular formula is C16H15BrFNO. The second kappa shape index (κ2) is 5.75. The average Bonchev–Trinajstić information content (AvgIpc) is 2.39. The molecule has 0 saturated heterocycles. The zero-order valence-corrected chi connectivity index (χ0v) is 12.9. The van der Waals surface area contributed by atoms with Crippen molar-refractivity contribution in [3.63, 3.8) is 0 Å². The predicted molar refractivity (Wildman–Crippen MR) is 81.0 cm³/mol. The van der Waals surface area contributed by atoms with Crippen LogP contribution in [0.2, 0.25) is 0 Å². The van der Waals surface area contributed by atoms with Crippen LogP contribution in [0.4, 0.5) is 4.39 Å². The van der Waals surface area contributed by atoms with Crippen LogP contribution in [0.15, 0.2) is 53.0 Å². The summed E-state index contributed by atoms with van der Waals surface area (Å²) in [4.78, 5) is 12.3. The van der Waals surface area contributed by atoms with Crippen molar-refractivity contribution in [2.24, 2.45) is 0 Å². The topological polar surface area (TPSA) is 29.1 Å². The van der Waals surface area contributed by atoms with E-state index in [9.17, 15) is 9.18 Å². The second-order valence-electron chi connectivity index (χ2n) is 5.07. The highest BCUT2D eigenvalue weighted by atomic mass is 79.9. The maximum absolute atomic E-state index is 13.0. The minimum absolute atomic E-state index is 0.174. The molecule has 0 unspecified atom stereocenters. The molecular weight excluding hydrogens is 321 g/mol. The van der Waals surface area contributed by atoms with Crippen molar-refractivity contribution in [2.45, 2.75) is 19.4 Å². The van der Waals surface area contributed by atoms with Crippen LogP contribution >= 0.6 is 15.9 Å². The molecule has 4 heteroatoms. The maximum atomic E-state index is 13.0. The molecule has 1 N–H and O–H groups in total. The first kappa shape index (κ1) is 14.7. The van der Waals surface area contributed by atoms with Crippen LogP contribution in [0.1, 0.15) is 29.8 Å². The van der Waals surface area contributed by atoms with Gasteiger partial charge in [-0.15, -0.1) is 0 Å². The van der Waals surface area contributed by atoms with Gasteiger partial charge in [-0.3, -0.25) is 4.79 Å². The van der Waals surface area contributed by atoms with Gasteiger partial charge < -0.3 is 5.32 Å². The average molecular weight is 336 g/mol. The lowest BCUT2D eigenvalue weighted by atomic mass is 9.94. The Bertz CT molecular complexity index is 623. The Morgan fingerprint density at radius 1 is 1.10 bits per heavy atom. The van der Waals surface area contributed by atoms with E-state index in [4.69, 9.17) is 0 Å². The molecule has 0 atom stereocenters. The number of hydrogen-bond acceptors (Lipinski definition) is 1. The molecule has 0 aliphatic carbocycles. The van der Waals surface area contributed by atoms with E-state index >= 15 is 0 Å². The number of benzene rings is 2. The van der Waals surface area contributed by atoms with Crippen molar-refractivity contribution < 1.29 is 9.18 Å². The Morgan fingerprint density at radius 3 is 2.30 bits per heavy atom. The van der Waals surface area contributed by atoms with Gasteiger partial charge in [0.15, 0.2) is 0 Å². The van der Waals surface area contributed by atoms with Crippen molar-refractivity contribution in [3.8, 4) is 0 Å². The van der Waals surface area contributed by atoms with Crippen molar-refractivity contribution in [1.29, 1.82) is 0 Å². The van der Waals surface area contributed by atoms with Crippen molar-refractivity contribution in [1.82, 2.24) is 5.32 Å². The highest BCUT2D eigenvalue weighted by molar-refractivity contribution is 9.10. The third-order valence-corrected chi connectivity index (χ3v) is 3.80. The Kier molecular flexibility index (Phi) is 4.23. The van der Waals surface area contributed by atoms with Gasteiger partial charge in [0.25, 0.3) is 5.91 Å². The van der Waals surface area contributed by atoms with Gasteiger partial charge in [0.1, 0.15) is 5.82 Å². The maximum Gasteiger partial charge on any atom is 0.253 e. The molecule has 0 aromatic heterocycles. The molecule has 0 aliphatic rings. The summed E-state index contributed by atoms with van der Waals surface area (Å²) in [6, 6.07) is 13.4. The molecule has 20 heavy (non-hydrogen) atoms. The fourth-order valence-corrected chi connectivity index (χ4v) is 2.40. The first-order chi connectivity index (χ1) is 9.40. The summed E-state index contributed by atoms with van der Waals surface area (Å²) in [6.45, 7) is 3.77. The molecule has 2 rings (SSSR count). The second-order valence-corrected chi connectivity index (χ2v) is 5.92. The van der Waals surface area contributed by atoms with E-state index in [0.717, 1.165) is 10.0 Å². The SMILES string of the molecule is CC(C)(NC(=O)c1ccccc1Br)c1ccc(F)cc1. The van der Waals surface area contributed by atoms with Gasteiger partial charge in [0, 0.05) is 4.47 Å². The van der Waals surface area contributed by atoms with Crippen LogP contribution in [0, 0.1) is 5.82 Å². The molecule has 1 amide bonds. The van der Waals surface area contributed by atoms with E-state index in [1.807, 2.05) is 32.0 Å². The zero-order chi connectivity index (χ0) is 14.8. The van der Waals surface area contributed by atoms with E-state index in [1.54, 1.807) is 18.2 Å². The standard InChI is InChI=1S/C16H15BrFNO/c1-16(2,11-7-9-12(18)10-8-11)19-15(20)13-5-3-4-6-14(13)17/h3-10H,1-2H3,(H,19,20). The highest BCUT2D eigenvalue weighted by Gasteiger charge is 2.24. The van der Waals surface area contributed by atoms with Crippen LogP contribution in [0.3, 0.4) is 0 Å². The Labute approximate surface area is 126 Å². The molecule has 104 valence electrons. The van der Waals surface area contributed by atoms with Gasteiger partial charge in [-0.1, -0.05) is 24.3 Å². The summed E-state index contributed by atoms with van der Waals surface area (Å²) >= 11 is 3.36. The van der Waals surface area contributed by atoms with Gasteiger partial charge >= 0.3 is 0 Å². The molecule has 0 saturated carbocycles. The van der Waals surface area contributed by atoms with Crippen LogP contribution in [-0.2, 0) is 5.54 Å². The Hall–Kier alpha value is -1.68. The summed E-state index contributed by atoms with van der Waals surface area (Å²) < 4.78 is 13.7. The molecule has 0 bridgehead atoms. The van der Waals surface area contributed by atoms with Crippen molar-refractivity contribution in [2.75, 3.05) is 0 Å². The van der Waals surface area contributed by atoms with E-state index in [2.05, 4.69) is 21.2 Å². The summed E-state index contributed by atoms with van der Waals surface area (Å²) in [5.41, 5.74) is 0.835. The van der Waals surface area contributed by atoms with Crippen LogP contribution in [0.5, 0.6) is 0 Å². The monoisotopic (exact) mass is 335 g/mol. The number of rotatable bonds is 3. The summed E-state index contributed by atoms with van der Waals surface area (Å²) in [6.07, 6.45) is 0. The minimum Gasteiger partial charge on any atom is -0.343 e. The molecule has 0 spiro atoms. The first-order valence-corrected chi connectivity index (χ1v) is 7.02. The number of carbonyl (C=O) groups excluding carboxylic acids is 1. The third-order valence-electron chi connectivity index (χ3n) is 3.11. The number of nitrogens with one attached hydrogen (secondary N) is 1. The van der Waals surface area contributed by atoms with Gasteiger partial charge in [0.05, 0.1) is 11.1 Å². The Balaban J connectivity index is 2.22. The van der Waals surface area contributed by atoms with Crippen molar-refractivity contribution in [3.05, 3.63) is 69.9 Å². The quantitative estimate of drug-likeness (QED) is 0.892. The highest BCUT2D eigenvalue weighted by Crippen LogP contribution is 2.22. The van der Waals surface area contributed by atoms with Crippen LogP contribution in [0.25, 0.3) is 0 Å².